The molecule has 0 saturated heterocycles. The molecule has 92 valence electrons. The Balaban J connectivity index is 2.44. The molecule has 0 aromatic heterocycles. The van der Waals surface area contributed by atoms with Gasteiger partial charge in [-0.1, -0.05) is 23.7 Å². The van der Waals surface area contributed by atoms with Crippen molar-refractivity contribution in [2.45, 2.75) is 13.0 Å². The molecule has 3 amide bonds. The van der Waals surface area contributed by atoms with Crippen molar-refractivity contribution in [1.82, 2.24) is 10.6 Å². The number of imide groups is 1. The molecule has 1 atom stereocenters. The molecular weight excluding hydrogens is 242 g/mol. The summed E-state index contributed by atoms with van der Waals surface area (Å²) in [6.45, 7) is 1.92. The third-order valence-corrected chi connectivity index (χ3v) is 2.45. The summed E-state index contributed by atoms with van der Waals surface area (Å²) < 4.78 is 0. The SMILES string of the molecule is C[C@@H](NCC(=O)NC(N)=O)c1ccc(Cl)cc1. The van der Waals surface area contributed by atoms with Crippen LogP contribution in [0.1, 0.15) is 18.5 Å². The van der Waals surface area contributed by atoms with E-state index < -0.39 is 11.9 Å². The van der Waals surface area contributed by atoms with E-state index in [1.165, 1.54) is 0 Å². The van der Waals surface area contributed by atoms with E-state index in [1.54, 1.807) is 12.1 Å². The Morgan fingerprint density at radius 1 is 1.35 bits per heavy atom. The van der Waals surface area contributed by atoms with Crippen molar-refractivity contribution in [3.05, 3.63) is 34.9 Å². The highest BCUT2D eigenvalue weighted by Crippen LogP contribution is 2.15. The molecule has 0 fully saturated rings. The fraction of sp³-hybridized carbons (Fsp3) is 0.273. The first-order valence-electron chi connectivity index (χ1n) is 5.07. The second-order valence-electron chi connectivity index (χ2n) is 3.57. The van der Waals surface area contributed by atoms with Crippen LogP contribution in [0.5, 0.6) is 0 Å². The van der Waals surface area contributed by atoms with Crippen molar-refractivity contribution in [3.63, 3.8) is 0 Å². The Morgan fingerprint density at radius 2 is 1.94 bits per heavy atom. The number of nitrogens with one attached hydrogen (secondary N) is 2. The van der Waals surface area contributed by atoms with Crippen LogP contribution >= 0.6 is 11.6 Å². The number of carbonyl (C=O) groups is 2. The summed E-state index contributed by atoms with van der Waals surface area (Å²) in [6, 6.07) is 6.41. The van der Waals surface area contributed by atoms with Crippen molar-refractivity contribution in [3.8, 4) is 0 Å². The maximum absolute atomic E-state index is 11.1. The molecule has 0 aliphatic carbocycles. The van der Waals surface area contributed by atoms with Crippen LogP contribution in [0.15, 0.2) is 24.3 Å². The molecule has 0 radical (unpaired) electrons. The van der Waals surface area contributed by atoms with E-state index in [1.807, 2.05) is 24.4 Å². The van der Waals surface area contributed by atoms with E-state index in [9.17, 15) is 9.59 Å². The maximum Gasteiger partial charge on any atom is 0.318 e. The van der Waals surface area contributed by atoms with Gasteiger partial charge in [0.25, 0.3) is 0 Å². The number of carbonyl (C=O) groups excluding carboxylic acids is 2. The first-order chi connectivity index (χ1) is 7.99. The summed E-state index contributed by atoms with van der Waals surface area (Å²) in [5.41, 5.74) is 5.82. The molecule has 0 spiro atoms. The van der Waals surface area contributed by atoms with Crippen LogP contribution in [-0.4, -0.2) is 18.5 Å². The topological polar surface area (TPSA) is 84.2 Å². The number of hydrogen-bond donors (Lipinski definition) is 3. The number of benzene rings is 1. The van der Waals surface area contributed by atoms with E-state index in [-0.39, 0.29) is 12.6 Å². The second kappa shape index (κ2) is 6.22. The molecule has 1 aromatic rings. The molecule has 0 aliphatic heterocycles. The quantitative estimate of drug-likeness (QED) is 0.756. The normalized spacial score (nSPS) is 11.9. The first-order valence-corrected chi connectivity index (χ1v) is 5.45. The minimum Gasteiger partial charge on any atom is -0.351 e. The Bertz CT molecular complexity index is 406. The Hall–Kier alpha value is -1.59. The molecule has 5 nitrogen and oxygen atoms in total. The molecule has 0 heterocycles. The monoisotopic (exact) mass is 255 g/mol. The smallest absolute Gasteiger partial charge is 0.318 e. The molecule has 4 N–H and O–H groups in total. The summed E-state index contributed by atoms with van der Waals surface area (Å²) in [4.78, 5) is 21.6. The second-order valence-corrected chi connectivity index (χ2v) is 4.00. The van der Waals surface area contributed by atoms with Gasteiger partial charge in [0.1, 0.15) is 0 Å². The predicted molar refractivity (Wildman–Crippen MR) is 65.6 cm³/mol. The fourth-order valence-corrected chi connectivity index (χ4v) is 1.42. The van der Waals surface area contributed by atoms with Gasteiger partial charge in [0.2, 0.25) is 5.91 Å². The standard InChI is InChI=1S/C11H14ClN3O2/c1-7(8-2-4-9(12)5-3-8)14-6-10(16)15-11(13)17/h2-5,7,14H,6H2,1H3,(H3,13,15,16,17)/t7-/m1/s1. The number of hydrogen-bond acceptors (Lipinski definition) is 3. The van der Waals surface area contributed by atoms with E-state index in [0.29, 0.717) is 5.02 Å². The van der Waals surface area contributed by atoms with Gasteiger partial charge in [-0.05, 0) is 24.6 Å². The number of halogens is 1. The van der Waals surface area contributed by atoms with Gasteiger partial charge in [-0.15, -0.1) is 0 Å². The van der Waals surface area contributed by atoms with Crippen LogP contribution in [0.4, 0.5) is 4.79 Å². The zero-order chi connectivity index (χ0) is 12.8. The average molecular weight is 256 g/mol. The molecule has 1 rings (SSSR count). The minimum atomic E-state index is -0.851. The van der Waals surface area contributed by atoms with Crippen molar-refractivity contribution < 1.29 is 9.59 Å². The van der Waals surface area contributed by atoms with Gasteiger partial charge >= 0.3 is 6.03 Å². The number of nitrogens with two attached hydrogens (primary N) is 1. The molecule has 1 aromatic carbocycles. The van der Waals surface area contributed by atoms with Crippen molar-refractivity contribution >= 4 is 23.5 Å². The highest BCUT2D eigenvalue weighted by molar-refractivity contribution is 6.30. The number of primary amides is 1. The summed E-state index contributed by atoms with van der Waals surface area (Å²) in [6.07, 6.45) is 0. The average Bonchev–Trinajstić information content (AvgIpc) is 2.26. The zero-order valence-corrected chi connectivity index (χ0v) is 10.1. The van der Waals surface area contributed by atoms with Gasteiger partial charge in [0.05, 0.1) is 6.54 Å². The van der Waals surface area contributed by atoms with Crippen LogP contribution in [0.25, 0.3) is 0 Å². The Morgan fingerprint density at radius 3 is 2.47 bits per heavy atom. The van der Waals surface area contributed by atoms with Gasteiger partial charge in [-0.3, -0.25) is 10.1 Å². The lowest BCUT2D eigenvalue weighted by molar-refractivity contribution is -0.119. The van der Waals surface area contributed by atoms with E-state index in [2.05, 4.69) is 5.32 Å². The first kappa shape index (κ1) is 13.5. The highest BCUT2D eigenvalue weighted by atomic mass is 35.5. The van der Waals surface area contributed by atoms with Crippen molar-refractivity contribution in [2.75, 3.05) is 6.54 Å². The van der Waals surface area contributed by atoms with Crippen LogP contribution < -0.4 is 16.4 Å². The van der Waals surface area contributed by atoms with Crippen LogP contribution in [0.3, 0.4) is 0 Å². The third-order valence-electron chi connectivity index (χ3n) is 2.20. The summed E-state index contributed by atoms with van der Waals surface area (Å²) >= 11 is 5.77. The Labute approximate surface area is 104 Å². The molecule has 0 unspecified atom stereocenters. The van der Waals surface area contributed by atoms with E-state index in [0.717, 1.165) is 5.56 Å². The molecule has 6 heteroatoms. The molecular formula is C11H14ClN3O2. The summed E-state index contributed by atoms with van der Waals surface area (Å²) in [5.74, 6) is -0.460. The van der Waals surface area contributed by atoms with E-state index in [4.69, 9.17) is 17.3 Å². The Kier molecular flexibility index (Phi) is 4.93. The number of amides is 3. The van der Waals surface area contributed by atoms with E-state index >= 15 is 0 Å². The molecule has 0 aliphatic rings. The number of rotatable bonds is 4. The third kappa shape index (κ3) is 4.84. The van der Waals surface area contributed by atoms with Crippen molar-refractivity contribution in [1.29, 1.82) is 0 Å². The maximum atomic E-state index is 11.1. The van der Waals surface area contributed by atoms with Crippen molar-refractivity contribution in [2.24, 2.45) is 5.73 Å². The highest BCUT2D eigenvalue weighted by Gasteiger charge is 2.08. The minimum absolute atomic E-state index is 0.0206. The van der Waals surface area contributed by atoms with Gasteiger partial charge in [-0.2, -0.15) is 0 Å². The molecule has 0 saturated carbocycles. The molecule has 0 bridgehead atoms. The van der Waals surface area contributed by atoms with Gasteiger partial charge in [0.15, 0.2) is 0 Å². The fourth-order valence-electron chi connectivity index (χ4n) is 1.30. The number of urea groups is 1. The van der Waals surface area contributed by atoms with Gasteiger partial charge in [-0.25, -0.2) is 4.79 Å². The predicted octanol–water partition coefficient (Wildman–Crippen LogP) is 1.19. The summed E-state index contributed by atoms with van der Waals surface area (Å²) in [7, 11) is 0. The van der Waals surface area contributed by atoms with Gasteiger partial charge in [0, 0.05) is 11.1 Å². The zero-order valence-electron chi connectivity index (χ0n) is 9.37. The lowest BCUT2D eigenvalue weighted by atomic mass is 10.1. The van der Waals surface area contributed by atoms with Crippen LogP contribution in [-0.2, 0) is 4.79 Å². The summed E-state index contributed by atoms with van der Waals surface area (Å²) in [5, 5.41) is 5.60. The van der Waals surface area contributed by atoms with Crippen LogP contribution in [0, 0.1) is 0 Å². The lowest BCUT2D eigenvalue weighted by Gasteiger charge is -2.13. The van der Waals surface area contributed by atoms with Crippen LogP contribution in [0.2, 0.25) is 5.02 Å². The lowest BCUT2D eigenvalue weighted by Crippen LogP contribution is -2.41. The largest absolute Gasteiger partial charge is 0.351 e. The molecule has 17 heavy (non-hydrogen) atoms. The van der Waals surface area contributed by atoms with Gasteiger partial charge < -0.3 is 11.1 Å².